The SMILES string of the molecule is CC[C@H](C)Nc1nc(Nc2ccc(C(F)(F)F)cc2)cc(C(F)(F)F)n1. The first-order chi connectivity index (χ1) is 12.0. The highest BCUT2D eigenvalue weighted by Gasteiger charge is 2.34. The molecular formula is C16H16F6N4. The van der Waals surface area contributed by atoms with Crippen LogP contribution in [0.5, 0.6) is 0 Å². The molecule has 1 heterocycles. The number of aromatic nitrogens is 2. The molecule has 142 valence electrons. The summed E-state index contributed by atoms with van der Waals surface area (Å²) in [4.78, 5) is 7.39. The quantitative estimate of drug-likeness (QED) is 0.678. The van der Waals surface area contributed by atoms with Gasteiger partial charge in [0, 0.05) is 17.8 Å². The second-order valence-corrected chi connectivity index (χ2v) is 5.61. The van der Waals surface area contributed by atoms with Crippen molar-refractivity contribution in [3.63, 3.8) is 0 Å². The molecule has 0 fully saturated rings. The van der Waals surface area contributed by atoms with E-state index in [0.29, 0.717) is 12.5 Å². The van der Waals surface area contributed by atoms with Crippen LogP contribution in [-0.4, -0.2) is 16.0 Å². The highest BCUT2D eigenvalue weighted by molar-refractivity contribution is 5.58. The number of anilines is 3. The van der Waals surface area contributed by atoms with Gasteiger partial charge in [-0.2, -0.15) is 31.3 Å². The number of nitrogens with one attached hydrogen (secondary N) is 2. The van der Waals surface area contributed by atoms with Gasteiger partial charge in [-0.05, 0) is 37.6 Å². The zero-order chi connectivity index (χ0) is 19.5. The van der Waals surface area contributed by atoms with E-state index in [-0.39, 0.29) is 23.5 Å². The number of alkyl halides is 6. The van der Waals surface area contributed by atoms with Gasteiger partial charge >= 0.3 is 12.4 Å². The van der Waals surface area contributed by atoms with Crippen LogP contribution in [0.3, 0.4) is 0 Å². The fourth-order valence-electron chi connectivity index (χ4n) is 1.93. The van der Waals surface area contributed by atoms with Crippen LogP contribution in [-0.2, 0) is 12.4 Å². The Hall–Kier alpha value is -2.52. The smallest absolute Gasteiger partial charge is 0.352 e. The van der Waals surface area contributed by atoms with Crippen LogP contribution in [0.25, 0.3) is 0 Å². The third-order valence-electron chi connectivity index (χ3n) is 3.49. The van der Waals surface area contributed by atoms with Crippen LogP contribution >= 0.6 is 0 Å². The number of halogens is 6. The first kappa shape index (κ1) is 19.8. The monoisotopic (exact) mass is 378 g/mol. The summed E-state index contributed by atoms with van der Waals surface area (Å²) in [5, 5.41) is 5.32. The minimum atomic E-state index is -4.69. The highest BCUT2D eigenvalue weighted by atomic mass is 19.4. The molecule has 0 amide bonds. The Morgan fingerprint density at radius 1 is 0.962 bits per heavy atom. The van der Waals surface area contributed by atoms with Crippen molar-refractivity contribution < 1.29 is 26.3 Å². The second-order valence-electron chi connectivity index (χ2n) is 5.61. The molecule has 0 spiro atoms. The van der Waals surface area contributed by atoms with Crippen molar-refractivity contribution in [1.29, 1.82) is 0 Å². The summed E-state index contributed by atoms with van der Waals surface area (Å²) in [7, 11) is 0. The van der Waals surface area contributed by atoms with Crippen molar-refractivity contribution in [1.82, 2.24) is 9.97 Å². The Labute approximate surface area is 145 Å². The van der Waals surface area contributed by atoms with Crippen molar-refractivity contribution in [2.75, 3.05) is 10.6 Å². The van der Waals surface area contributed by atoms with Crippen LogP contribution < -0.4 is 10.6 Å². The van der Waals surface area contributed by atoms with Gasteiger partial charge in [0.15, 0.2) is 5.69 Å². The first-order valence-corrected chi connectivity index (χ1v) is 7.66. The fraction of sp³-hybridized carbons (Fsp3) is 0.375. The molecule has 26 heavy (non-hydrogen) atoms. The zero-order valence-electron chi connectivity index (χ0n) is 13.8. The van der Waals surface area contributed by atoms with Crippen molar-refractivity contribution in [2.45, 2.75) is 38.7 Å². The topological polar surface area (TPSA) is 49.8 Å². The average Bonchev–Trinajstić information content (AvgIpc) is 2.53. The highest BCUT2D eigenvalue weighted by Crippen LogP contribution is 2.32. The maximum Gasteiger partial charge on any atom is 0.433 e. The summed E-state index contributed by atoms with van der Waals surface area (Å²) in [6.45, 7) is 3.60. The van der Waals surface area contributed by atoms with Gasteiger partial charge in [-0.25, -0.2) is 4.98 Å². The summed E-state index contributed by atoms with van der Waals surface area (Å²) in [6, 6.07) is 4.41. The van der Waals surface area contributed by atoms with Gasteiger partial charge in [0.05, 0.1) is 5.56 Å². The zero-order valence-corrected chi connectivity index (χ0v) is 13.8. The molecule has 0 saturated carbocycles. The lowest BCUT2D eigenvalue weighted by molar-refractivity contribution is -0.141. The predicted octanol–water partition coefficient (Wildman–Crippen LogP) is 5.47. The maximum atomic E-state index is 13.0. The van der Waals surface area contributed by atoms with E-state index in [1.165, 1.54) is 0 Å². The minimum absolute atomic E-state index is 0.155. The van der Waals surface area contributed by atoms with E-state index in [0.717, 1.165) is 24.3 Å². The maximum absolute atomic E-state index is 13.0. The van der Waals surface area contributed by atoms with Crippen LogP contribution in [0.2, 0.25) is 0 Å². The van der Waals surface area contributed by atoms with E-state index in [9.17, 15) is 26.3 Å². The summed E-state index contributed by atoms with van der Waals surface area (Å²) in [6.07, 6.45) is -8.54. The normalized spacial score (nSPS) is 13.4. The van der Waals surface area contributed by atoms with E-state index in [1.54, 1.807) is 6.92 Å². The van der Waals surface area contributed by atoms with Crippen molar-refractivity contribution in [2.24, 2.45) is 0 Å². The lowest BCUT2D eigenvalue weighted by Crippen LogP contribution is -2.18. The predicted molar refractivity (Wildman–Crippen MR) is 85.1 cm³/mol. The molecule has 0 unspecified atom stereocenters. The third kappa shape index (κ3) is 5.24. The van der Waals surface area contributed by atoms with Gasteiger partial charge in [-0.3, -0.25) is 0 Å². The molecule has 0 radical (unpaired) electrons. The lowest BCUT2D eigenvalue weighted by Gasteiger charge is -2.15. The summed E-state index contributed by atoms with van der Waals surface area (Å²) in [5.74, 6) is -0.401. The molecule has 0 bridgehead atoms. The Morgan fingerprint density at radius 2 is 1.58 bits per heavy atom. The molecule has 2 rings (SSSR count). The molecule has 0 aliphatic carbocycles. The van der Waals surface area contributed by atoms with Crippen molar-refractivity contribution in [3.8, 4) is 0 Å². The molecule has 4 nitrogen and oxygen atoms in total. The molecule has 10 heteroatoms. The molecule has 0 saturated heterocycles. The summed E-state index contributed by atoms with van der Waals surface area (Å²) >= 11 is 0. The van der Waals surface area contributed by atoms with Gasteiger partial charge in [0.1, 0.15) is 5.82 Å². The largest absolute Gasteiger partial charge is 0.433 e. The minimum Gasteiger partial charge on any atom is -0.352 e. The van der Waals surface area contributed by atoms with Crippen LogP contribution in [0, 0.1) is 0 Å². The van der Waals surface area contributed by atoms with Crippen molar-refractivity contribution in [3.05, 3.63) is 41.6 Å². The van der Waals surface area contributed by atoms with E-state index in [2.05, 4.69) is 20.6 Å². The first-order valence-electron chi connectivity index (χ1n) is 7.66. The molecule has 1 aromatic carbocycles. The molecule has 2 aromatic rings. The molecule has 1 aromatic heterocycles. The molecule has 0 aliphatic heterocycles. The average molecular weight is 378 g/mol. The number of hydrogen-bond donors (Lipinski definition) is 2. The van der Waals surface area contributed by atoms with Gasteiger partial charge in [-0.15, -0.1) is 0 Å². The third-order valence-corrected chi connectivity index (χ3v) is 3.49. The second kappa shape index (κ2) is 7.38. The van der Waals surface area contributed by atoms with Gasteiger partial charge in [-0.1, -0.05) is 6.92 Å². The Morgan fingerprint density at radius 3 is 2.08 bits per heavy atom. The van der Waals surface area contributed by atoms with E-state index in [1.807, 2.05) is 6.92 Å². The molecule has 0 aliphatic rings. The van der Waals surface area contributed by atoms with E-state index in [4.69, 9.17) is 0 Å². The Balaban J connectivity index is 2.31. The molecule has 2 N–H and O–H groups in total. The van der Waals surface area contributed by atoms with Crippen molar-refractivity contribution >= 4 is 17.5 Å². The number of benzene rings is 1. The van der Waals surface area contributed by atoms with Crippen LogP contribution in [0.4, 0.5) is 43.8 Å². The Bertz CT molecular complexity index is 740. The standard InChI is InChI=1S/C16H16F6N4/c1-3-9(2)23-14-25-12(16(20,21)22)8-13(26-14)24-11-6-4-10(5-7-11)15(17,18)19/h4-9H,3H2,1-2H3,(H2,23,24,25,26)/t9-/m0/s1. The van der Waals surface area contributed by atoms with E-state index < -0.39 is 23.6 Å². The molecule has 1 atom stereocenters. The van der Waals surface area contributed by atoms with Gasteiger partial charge in [0.25, 0.3) is 0 Å². The number of rotatable bonds is 5. The van der Waals surface area contributed by atoms with E-state index >= 15 is 0 Å². The van der Waals surface area contributed by atoms with Crippen LogP contribution in [0.1, 0.15) is 31.5 Å². The summed E-state index contributed by atoms with van der Waals surface area (Å²) < 4.78 is 76.8. The fourth-order valence-corrected chi connectivity index (χ4v) is 1.93. The van der Waals surface area contributed by atoms with Gasteiger partial charge < -0.3 is 10.6 Å². The van der Waals surface area contributed by atoms with Crippen LogP contribution in [0.15, 0.2) is 30.3 Å². The summed E-state index contributed by atoms with van der Waals surface area (Å²) in [5.41, 5.74) is -1.85. The molecular weight excluding hydrogens is 362 g/mol. The van der Waals surface area contributed by atoms with Gasteiger partial charge in [0.2, 0.25) is 5.95 Å². The number of hydrogen-bond acceptors (Lipinski definition) is 4. The Kier molecular flexibility index (Phi) is 5.62. The lowest BCUT2D eigenvalue weighted by atomic mass is 10.2. The number of nitrogens with zero attached hydrogens (tertiary/aromatic N) is 2.